The number of hydrogen-bond donors (Lipinski definition) is 0. The van der Waals surface area contributed by atoms with Gasteiger partial charge in [-0.25, -0.2) is 9.37 Å². The van der Waals surface area contributed by atoms with Crippen molar-refractivity contribution in [2.24, 2.45) is 0 Å². The van der Waals surface area contributed by atoms with Gasteiger partial charge in [0.25, 0.3) is 0 Å². The van der Waals surface area contributed by atoms with Crippen molar-refractivity contribution in [1.29, 1.82) is 0 Å². The van der Waals surface area contributed by atoms with Crippen LogP contribution in [0.5, 0.6) is 11.5 Å². The Hall–Kier alpha value is -3.60. The smallest absolute Gasteiger partial charge is 0.161 e. The molecule has 0 saturated heterocycles. The molecule has 0 aliphatic carbocycles. The van der Waals surface area contributed by atoms with Gasteiger partial charge in [0.05, 0.1) is 30.3 Å². The quantitative estimate of drug-likeness (QED) is 0.246. The molecule has 0 aliphatic rings. The Balaban J connectivity index is 1.52. The van der Waals surface area contributed by atoms with Gasteiger partial charge in [0.1, 0.15) is 11.6 Å². The second kappa shape index (κ2) is 9.47. The van der Waals surface area contributed by atoms with Gasteiger partial charge in [-0.1, -0.05) is 36.4 Å². The van der Waals surface area contributed by atoms with Crippen LogP contribution in [0.1, 0.15) is 12.0 Å². The molecule has 0 fully saturated rings. The lowest BCUT2D eigenvalue weighted by atomic mass is 10.1. The third kappa shape index (κ3) is 4.45. The van der Waals surface area contributed by atoms with Crippen molar-refractivity contribution in [2.45, 2.75) is 19.4 Å². The van der Waals surface area contributed by atoms with Gasteiger partial charge in [-0.3, -0.25) is 0 Å². The zero-order chi connectivity index (χ0) is 21.6. The maximum Gasteiger partial charge on any atom is 0.161 e. The van der Waals surface area contributed by atoms with Gasteiger partial charge in [0, 0.05) is 6.54 Å². The van der Waals surface area contributed by atoms with E-state index in [9.17, 15) is 4.39 Å². The molecule has 158 valence electrons. The number of benzene rings is 3. The number of methoxy groups -OCH3 is 1. The first-order chi connectivity index (χ1) is 15.2. The van der Waals surface area contributed by atoms with Gasteiger partial charge in [0.2, 0.25) is 0 Å². The summed E-state index contributed by atoms with van der Waals surface area (Å²) in [5, 5.41) is 0. The van der Waals surface area contributed by atoms with Gasteiger partial charge in [-0.05, 0) is 54.8 Å². The normalized spacial score (nSPS) is 10.9. The Kier molecular flexibility index (Phi) is 6.32. The highest BCUT2D eigenvalue weighted by molar-refractivity contribution is 5.80. The molecule has 4 nitrogen and oxygen atoms in total. The van der Waals surface area contributed by atoms with Crippen LogP contribution in [-0.4, -0.2) is 23.3 Å². The molecule has 1 aromatic heterocycles. The molecule has 0 atom stereocenters. The molecule has 0 aliphatic heterocycles. The maximum atomic E-state index is 14.5. The van der Waals surface area contributed by atoms with E-state index in [0.29, 0.717) is 36.0 Å². The number of allylic oxidation sites excluding steroid dienone is 1. The van der Waals surface area contributed by atoms with Crippen LogP contribution in [0, 0.1) is 5.82 Å². The molecule has 4 aromatic rings. The highest BCUT2D eigenvalue weighted by Crippen LogP contribution is 2.29. The molecule has 0 amide bonds. The van der Waals surface area contributed by atoms with Crippen molar-refractivity contribution in [1.82, 2.24) is 9.55 Å². The summed E-state index contributed by atoms with van der Waals surface area (Å²) in [5.41, 5.74) is 3.45. The minimum atomic E-state index is -0.278. The summed E-state index contributed by atoms with van der Waals surface area (Å²) in [6, 6.07) is 20.5. The van der Waals surface area contributed by atoms with Gasteiger partial charge < -0.3 is 14.0 Å². The summed E-state index contributed by atoms with van der Waals surface area (Å²) in [7, 11) is 1.64. The molecule has 4 rings (SSSR count). The average Bonchev–Trinajstić information content (AvgIpc) is 3.16. The van der Waals surface area contributed by atoms with Crippen molar-refractivity contribution >= 4 is 11.0 Å². The number of imidazole rings is 1. The molecule has 0 unspecified atom stereocenters. The van der Waals surface area contributed by atoms with E-state index in [4.69, 9.17) is 9.47 Å². The van der Waals surface area contributed by atoms with E-state index < -0.39 is 0 Å². The summed E-state index contributed by atoms with van der Waals surface area (Å²) in [6.45, 7) is 4.93. The van der Waals surface area contributed by atoms with Crippen LogP contribution in [0.15, 0.2) is 79.4 Å². The summed E-state index contributed by atoms with van der Waals surface area (Å²) in [5.74, 6) is 1.77. The summed E-state index contributed by atoms with van der Waals surface area (Å²) < 4.78 is 28.0. The van der Waals surface area contributed by atoms with Gasteiger partial charge in [-0.2, -0.15) is 0 Å². The number of fused-ring (bicyclic) bond motifs is 1. The number of aromatic nitrogens is 2. The van der Waals surface area contributed by atoms with Crippen LogP contribution in [0.4, 0.5) is 4.39 Å². The molecule has 0 bridgehead atoms. The lowest BCUT2D eigenvalue weighted by Gasteiger charge is -2.13. The van der Waals surface area contributed by atoms with Gasteiger partial charge >= 0.3 is 0 Å². The zero-order valence-corrected chi connectivity index (χ0v) is 17.6. The molecular weight excluding hydrogens is 391 g/mol. The Bertz CT molecular complexity index is 1200. The van der Waals surface area contributed by atoms with Crippen LogP contribution < -0.4 is 9.47 Å². The minimum absolute atomic E-state index is 0.278. The number of nitrogens with zero attached hydrogens (tertiary/aromatic N) is 2. The van der Waals surface area contributed by atoms with Crippen molar-refractivity contribution in [3.63, 3.8) is 0 Å². The minimum Gasteiger partial charge on any atom is -0.493 e. The van der Waals surface area contributed by atoms with Crippen molar-refractivity contribution < 1.29 is 13.9 Å². The fourth-order valence-electron chi connectivity index (χ4n) is 3.68. The third-order valence-corrected chi connectivity index (χ3v) is 5.16. The standard InChI is InChI=1S/C26H25FN2O2/c1-3-9-19-14-15-24(25(18-19)30-2)31-17-8-16-29-23-13-7-6-12-22(23)28-26(29)20-10-4-5-11-21(20)27/h3-7,10-15,18H,1,8-9,16-17H2,2H3. The van der Waals surface area contributed by atoms with Crippen LogP contribution >= 0.6 is 0 Å². The molecule has 1 heterocycles. The van der Waals surface area contributed by atoms with Crippen LogP contribution in [0.2, 0.25) is 0 Å². The first-order valence-electron chi connectivity index (χ1n) is 10.3. The summed E-state index contributed by atoms with van der Waals surface area (Å²) in [4.78, 5) is 4.69. The van der Waals surface area contributed by atoms with Gasteiger partial charge in [-0.15, -0.1) is 6.58 Å². The fourth-order valence-corrected chi connectivity index (χ4v) is 3.68. The third-order valence-electron chi connectivity index (χ3n) is 5.16. The molecule has 0 radical (unpaired) electrons. The van der Waals surface area contributed by atoms with E-state index in [1.165, 1.54) is 6.07 Å². The number of hydrogen-bond acceptors (Lipinski definition) is 3. The van der Waals surface area contributed by atoms with E-state index in [-0.39, 0.29) is 5.82 Å². The Morgan fingerprint density at radius 1 is 1.03 bits per heavy atom. The lowest BCUT2D eigenvalue weighted by molar-refractivity contribution is 0.283. The number of aryl methyl sites for hydroxylation is 1. The molecule has 0 spiro atoms. The summed E-state index contributed by atoms with van der Waals surface area (Å²) in [6.07, 6.45) is 3.38. The molecule has 0 saturated carbocycles. The zero-order valence-electron chi connectivity index (χ0n) is 17.6. The number of para-hydroxylation sites is 2. The van der Waals surface area contributed by atoms with Crippen LogP contribution in [0.3, 0.4) is 0 Å². The maximum absolute atomic E-state index is 14.5. The largest absolute Gasteiger partial charge is 0.493 e. The van der Waals surface area contributed by atoms with Gasteiger partial charge in [0.15, 0.2) is 11.5 Å². The van der Waals surface area contributed by atoms with E-state index in [1.54, 1.807) is 19.2 Å². The highest BCUT2D eigenvalue weighted by Gasteiger charge is 2.15. The fraction of sp³-hybridized carbons (Fsp3) is 0.192. The lowest BCUT2D eigenvalue weighted by Crippen LogP contribution is -2.07. The number of ether oxygens (including phenoxy) is 2. The molecule has 3 aromatic carbocycles. The number of halogens is 1. The van der Waals surface area contributed by atoms with E-state index in [1.807, 2.05) is 54.6 Å². The summed E-state index contributed by atoms with van der Waals surface area (Å²) >= 11 is 0. The van der Waals surface area contributed by atoms with Crippen molar-refractivity contribution in [3.8, 4) is 22.9 Å². The van der Waals surface area contributed by atoms with E-state index >= 15 is 0 Å². The average molecular weight is 416 g/mol. The van der Waals surface area contributed by atoms with E-state index in [0.717, 1.165) is 29.4 Å². The predicted molar refractivity (Wildman–Crippen MR) is 122 cm³/mol. The Morgan fingerprint density at radius 3 is 2.65 bits per heavy atom. The predicted octanol–water partition coefficient (Wildman–Crippen LogP) is 6.05. The molecule has 5 heteroatoms. The molecule has 31 heavy (non-hydrogen) atoms. The van der Waals surface area contributed by atoms with Crippen molar-refractivity contribution in [3.05, 3.63) is 90.8 Å². The highest BCUT2D eigenvalue weighted by atomic mass is 19.1. The first-order valence-corrected chi connectivity index (χ1v) is 10.3. The van der Waals surface area contributed by atoms with Crippen molar-refractivity contribution in [2.75, 3.05) is 13.7 Å². The van der Waals surface area contributed by atoms with Crippen LogP contribution in [0.25, 0.3) is 22.4 Å². The van der Waals surface area contributed by atoms with E-state index in [2.05, 4.69) is 16.1 Å². The second-order valence-electron chi connectivity index (χ2n) is 7.24. The SMILES string of the molecule is C=CCc1ccc(OCCCn2c(-c3ccccc3F)nc3ccccc32)c(OC)c1. The van der Waals surface area contributed by atoms with Crippen LogP contribution in [-0.2, 0) is 13.0 Å². The molecular formula is C26H25FN2O2. The monoisotopic (exact) mass is 416 g/mol. The first kappa shape index (κ1) is 20.7. The Labute approximate surface area is 181 Å². The number of rotatable bonds is 9. The molecule has 0 N–H and O–H groups in total. The topological polar surface area (TPSA) is 36.3 Å². The second-order valence-corrected chi connectivity index (χ2v) is 7.24. The Morgan fingerprint density at radius 2 is 1.84 bits per heavy atom.